The van der Waals surface area contributed by atoms with Crippen LogP contribution in [0.3, 0.4) is 0 Å². The fourth-order valence-electron chi connectivity index (χ4n) is 1.57. The van der Waals surface area contributed by atoms with Crippen LogP contribution in [0, 0.1) is 0 Å². The number of hydrogen-bond donors (Lipinski definition) is 1. The molecule has 0 aliphatic carbocycles. The summed E-state index contributed by atoms with van der Waals surface area (Å²) in [6, 6.07) is 8.33. The maximum atomic E-state index is 5.27. The fourth-order valence-corrected chi connectivity index (χ4v) is 1.57. The molecule has 0 saturated heterocycles. The van der Waals surface area contributed by atoms with Gasteiger partial charge in [0.05, 0.1) is 6.61 Å². The number of rotatable bonds is 7. The highest BCUT2D eigenvalue weighted by Crippen LogP contribution is 2.11. The third kappa shape index (κ3) is 6.07. The molecule has 0 atom stereocenters. The fraction of sp³-hybridized carbons (Fsp3) is 0.294. The Labute approximate surface area is 116 Å². The number of allylic oxidation sites excluding steroid dienone is 4. The van der Waals surface area contributed by atoms with Crippen molar-refractivity contribution in [3.05, 3.63) is 59.7 Å². The SMILES string of the molecule is C/C=C(\C=C/COCC)/C=C/c1ccc(NC)cc1. The topological polar surface area (TPSA) is 21.3 Å². The molecule has 0 aliphatic rings. The summed E-state index contributed by atoms with van der Waals surface area (Å²) in [6.07, 6.45) is 10.4. The van der Waals surface area contributed by atoms with Crippen molar-refractivity contribution in [1.82, 2.24) is 0 Å². The third-order valence-electron chi connectivity index (χ3n) is 2.73. The molecular formula is C17H23NO. The van der Waals surface area contributed by atoms with Crippen LogP contribution in [-0.2, 0) is 4.74 Å². The molecule has 0 fully saturated rings. The molecule has 1 N–H and O–H groups in total. The van der Waals surface area contributed by atoms with Gasteiger partial charge in [0.15, 0.2) is 0 Å². The van der Waals surface area contributed by atoms with Crippen molar-refractivity contribution in [3.63, 3.8) is 0 Å². The van der Waals surface area contributed by atoms with E-state index in [2.05, 4.69) is 53.9 Å². The molecule has 0 bridgehead atoms. The van der Waals surface area contributed by atoms with Crippen molar-refractivity contribution in [2.45, 2.75) is 13.8 Å². The Morgan fingerprint density at radius 3 is 2.53 bits per heavy atom. The lowest BCUT2D eigenvalue weighted by Crippen LogP contribution is -1.88. The molecule has 1 rings (SSSR count). The normalized spacial score (nSPS) is 12.5. The van der Waals surface area contributed by atoms with E-state index in [1.807, 2.05) is 27.0 Å². The van der Waals surface area contributed by atoms with Gasteiger partial charge in [-0.3, -0.25) is 0 Å². The maximum absolute atomic E-state index is 5.27. The molecule has 0 heterocycles. The summed E-state index contributed by atoms with van der Waals surface area (Å²) < 4.78 is 5.27. The molecule has 0 spiro atoms. The van der Waals surface area contributed by atoms with E-state index in [4.69, 9.17) is 4.74 Å². The number of hydrogen-bond acceptors (Lipinski definition) is 2. The monoisotopic (exact) mass is 257 g/mol. The quantitative estimate of drug-likeness (QED) is 0.581. The van der Waals surface area contributed by atoms with E-state index < -0.39 is 0 Å². The molecule has 2 heteroatoms. The Hall–Kier alpha value is -1.80. The van der Waals surface area contributed by atoms with Gasteiger partial charge in [-0.15, -0.1) is 0 Å². The minimum atomic E-state index is 0.665. The van der Waals surface area contributed by atoms with E-state index in [-0.39, 0.29) is 0 Å². The third-order valence-corrected chi connectivity index (χ3v) is 2.73. The van der Waals surface area contributed by atoms with Gasteiger partial charge in [-0.1, -0.05) is 42.5 Å². The van der Waals surface area contributed by atoms with Crippen LogP contribution in [0.1, 0.15) is 19.4 Å². The van der Waals surface area contributed by atoms with Crippen LogP contribution in [0.5, 0.6) is 0 Å². The van der Waals surface area contributed by atoms with E-state index in [0.717, 1.165) is 12.3 Å². The van der Waals surface area contributed by atoms with Crippen LogP contribution in [0.15, 0.2) is 54.1 Å². The van der Waals surface area contributed by atoms with Crippen LogP contribution < -0.4 is 5.32 Å². The van der Waals surface area contributed by atoms with Gasteiger partial charge in [0.1, 0.15) is 0 Å². The van der Waals surface area contributed by atoms with Crippen LogP contribution in [0.25, 0.3) is 6.08 Å². The van der Waals surface area contributed by atoms with Crippen molar-refractivity contribution in [1.29, 1.82) is 0 Å². The van der Waals surface area contributed by atoms with Crippen molar-refractivity contribution in [2.24, 2.45) is 0 Å². The molecule has 0 aliphatic heterocycles. The molecule has 19 heavy (non-hydrogen) atoms. The van der Waals surface area contributed by atoms with Gasteiger partial charge in [-0.2, -0.15) is 0 Å². The van der Waals surface area contributed by atoms with E-state index in [0.29, 0.717) is 6.61 Å². The first-order valence-electron chi connectivity index (χ1n) is 6.66. The minimum absolute atomic E-state index is 0.665. The summed E-state index contributed by atoms with van der Waals surface area (Å²) >= 11 is 0. The first-order valence-corrected chi connectivity index (χ1v) is 6.66. The molecule has 1 aromatic rings. The minimum Gasteiger partial charge on any atom is -0.388 e. The first kappa shape index (κ1) is 15.3. The zero-order chi connectivity index (χ0) is 13.9. The van der Waals surface area contributed by atoms with Gasteiger partial charge in [0.25, 0.3) is 0 Å². The molecule has 1 aromatic carbocycles. The second kappa shape index (κ2) is 9.17. The summed E-state index contributed by atoms with van der Waals surface area (Å²) in [5.74, 6) is 0. The van der Waals surface area contributed by atoms with Crippen LogP contribution in [0.4, 0.5) is 5.69 Å². The predicted octanol–water partition coefficient (Wildman–Crippen LogP) is 4.28. The van der Waals surface area contributed by atoms with Crippen molar-refractivity contribution < 1.29 is 4.74 Å². The maximum Gasteiger partial charge on any atom is 0.0650 e. The number of ether oxygens (including phenoxy) is 1. The molecule has 0 radical (unpaired) electrons. The predicted molar refractivity (Wildman–Crippen MR) is 84.4 cm³/mol. The Morgan fingerprint density at radius 1 is 1.21 bits per heavy atom. The summed E-state index contributed by atoms with van der Waals surface area (Å²) in [4.78, 5) is 0. The van der Waals surface area contributed by atoms with Crippen molar-refractivity contribution >= 4 is 11.8 Å². The number of nitrogens with one attached hydrogen (secondary N) is 1. The summed E-state index contributed by atoms with van der Waals surface area (Å²) in [5, 5.41) is 3.11. The Bertz CT molecular complexity index is 441. The van der Waals surface area contributed by atoms with Gasteiger partial charge in [-0.25, -0.2) is 0 Å². The van der Waals surface area contributed by atoms with Gasteiger partial charge < -0.3 is 10.1 Å². The van der Waals surface area contributed by atoms with E-state index in [1.165, 1.54) is 11.1 Å². The Kier molecular flexibility index (Phi) is 7.37. The molecule has 0 unspecified atom stereocenters. The summed E-state index contributed by atoms with van der Waals surface area (Å²) in [6.45, 7) is 5.45. The van der Waals surface area contributed by atoms with Gasteiger partial charge in [0, 0.05) is 19.3 Å². The van der Waals surface area contributed by atoms with E-state index in [1.54, 1.807) is 0 Å². The van der Waals surface area contributed by atoms with Crippen molar-refractivity contribution in [2.75, 3.05) is 25.6 Å². The highest BCUT2D eigenvalue weighted by molar-refractivity contribution is 5.57. The van der Waals surface area contributed by atoms with Crippen LogP contribution in [-0.4, -0.2) is 20.3 Å². The van der Waals surface area contributed by atoms with Gasteiger partial charge in [0.2, 0.25) is 0 Å². The molecule has 0 amide bonds. The van der Waals surface area contributed by atoms with E-state index in [9.17, 15) is 0 Å². The van der Waals surface area contributed by atoms with Crippen molar-refractivity contribution in [3.8, 4) is 0 Å². The molecule has 2 nitrogen and oxygen atoms in total. The summed E-state index contributed by atoms with van der Waals surface area (Å²) in [5.41, 5.74) is 3.49. The average Bonchev–Trinajstić information content (AvgIpc) is 2.47. The lowest BCUT2D eigenvalue weighted by molar-refractivity contribution is 0.177. The van der Waals surface area contributed by atoms with Gasteiger partial charge >= 0.3 is 0 Å². The lowest BCUT2D eigenvalue weighted by Gasteiger charge is -2.00. The lowest BCUT2D eigenvalue weighted by atomic mass is 10.1. The van der Waals surface area contributed by atoms with Crippen LogP contribution >= 0.6 is 0 Å². The van der Waals surface area contributed by atoms with E-state index >= 15 is 0 Å². The molecular weight excluding hydrogens is 234 g/mol. The largest absolute Gasteiger partial charge is 0.388 e. The average molecular weight is 257 g/mol. The standard InChI is InChI=1S/C17H23NO/c1-4-15(7-6-14-19-5-2)8-9-16-10-12-17(18-3)13-11-16/h4,6-13,18H,5,14H2,1-3H3/b7-6-,9-8+,15-4+. The summed E-state index contributed by atoms with van der Waals surface area (Å²) in [7, 11) is 1.92. The van der Waals surface area contributed by atoms with Gasteiger partial charge in [-0.05, 0) is 37.1 Å². The first-order chi connectivity index (χ1) is 9.30. The highest BCUT2D eigenvalue weighted by atomic mass is 16.5. The molecule has 0 aromatic heterocycles. The molecule has 102 valence electrons. The molecule has 0 saturated carbocycles. The zero-order valence-electron chi connectivity index (χ0n) is 12.0. The second-order valence-corrected chi connectivity index (χ2v) is 4.06. The smallest absolute Gasteiger partial charge is 0.0650 e. The Balaban J connectivity index is 2.59. The highest BCUT2D eigenvalue weighted by Gasteiger charge is 1.89. The number of benzene rings is 1. The Morgan fingerprint density at radius 2 is 1.95 bits per heavy atom. The van der Waals surface area contributed by atoms with Crippen LogP contribution in [0.2, 0.25) is 0 Å². The number of anilines is 1. The second-order valence-electron chi connectivity index (χ2n) is 4.06. The zero-order valence-corrected chi connectivity index (χ0v) is 12.0.